The van der Waals surface area contributed by atoms with Gasteiger partial charge in [-0.25, -0.2) is 9.79 Å². The first-order valence-corrected chi connectivity index (χ1v) is 9.44. The SMILES string of the molecule is COC(=O)c1ccc(/C=C2\OC(c3ccccc3)=NC23CCCCC3)cc1. The standard InChI is InChI=1S/C23H23NO3/c1-26-22(25)19-12-10-17(11-13-19)16-20-23(14-6-3-7-15-23)24-21(27-20)18-8-4-2-5-9-18/h2,4-5,8-13,16H,3,6-7,14-15H2,1H3/b20-16-. The van der Waals surface area contributed by atoms with Gasteiger partial charge in [-0.05, 0) is 48.7 Å². The molecule has 2 aliphatic rings. The van der Waals surface area contributed by atoms with Gasteiger partial charge in [0.15, 0.2) is 0 Å². The average Bonchev–Trinajstić information content (AvgIpc) is 3.06. The zero-order valence-corrected chi connectivity index (χ0v) is 15.5. The molecule has 1 spiro atoms. The Morgan fingerprint density at radius 1 is 1.04 bits per heavy atom. The van der Waals surface area contributed by atoms with Gasteiger partial charge in [0.2, 0.25) is 5.90 Å². The van der Waals surface area contributed by atoms with E-state index in [4.69, 9.17) is 14.5 Å². The maximum atomic E-state index is 11.6. The molecule has 0 unspecified atom stereocenters. The van der Waals surface area contributed by atoms with Gasteiger partial charge in [-0.1, -0.05) is 49.6 Å². The second-order valence-electron chi connectivity index (χ2n) is 7.10. The van der Waals surface area contributed by atoms with Crippen LogP contribution in [-0.4, -0.2) is 24.5 Å². The van der Waals surface area contributed by atoms with Crippen LogP contribution in [0.1, 0.15) is 53.6 Å². The summed E-state index contributed by atoms with van der Waals surface area (Å²) >= 11 is 0. The molecule has 0 N–H and O–H groups in total. The van der Waals surface area contributed by atoms with Gasteiger partial charge in [0.25, 0.3) is 0 Å². The fourth-order valence-electron chi connectivity index (χ4n) is 3.82. The Bertz CT molecular complexity index is 876. The number of esters is 1. The van der Waals surface area contributed by atoms with Gasteiger partial charge in [-0.15, -0.1) is 0 Å². The maximum absolute atomic E-state index is 11.6. The Morgan fingerprint density at radius 3 is 2.41 bits per heavy atom. The van der Waals surface area contributed by atoms with E-state index in [9.17, 15) is 4.79 Å². The highest BCUT2D eigenvalue weighted by molar-refractivity contribution is 5.97. The molecule has 1 aliphatic heterocycles. The molecule has 4 rings (SSSR count). The van der Waals surface area contributed by atoms with Crippen molar-refractivity contribution in [1.82, 2.24) is 0 Å². The lowest BCUT2D eigenvalue weighted by Crippen LogP contribution is -2.29. The van der Waals surface area contributed by atoms with E-state index >= 15 is 0 Å². The Hall–Kier alpha value is -2.88. The third-order valence-corrected chi connectivity index (χ3v) is 5.31. The minimum Gasteiger partial charge on any atom is -0.465 e. The monoisotopic (exact) mass is 361 g/mol. The first kappa shape index (κ1) is 17.5. The summed E-state index contributed by atoms with van der Waals surface area (Å²) < 4.78 is 11.0. The Kier molecular flexibility index (Phi) is 4.80. The summed E-state index contributed by atoms with van der Waals surface area (Å²) in [6, 6.07) is 17.4. The van der Waals surface area contributed by atoms with Crippen LogP contribution in [0.15, 0.2) is 65.3 Å². The van der Waals surface area contributed by atoms with Crippen molar-refractivity contribution >= 4 is 17.9 Å². The number of carbonyl (C=O) groups is 1. The number of ether oxygens (including phenoxy) is 2. The van der Waals surface area contributed by atoms with E-state index in [2.05, 4.69) is 6.08 Å². The molecule has 1 aliphatic carbocycles. The first-order chi connectivity index (χ1) is 13.2. The predicted molar refractivity (Wildman–Crippen MR) is 106 cm³/mol. The van der Waals surface area contributed by atoms with Gasteiger partial charge in [0.05, 0.1) is 12.7 Å². The zero-order valence-electron chi connectivity index (χ0n) is 15.5. The van der Waals surface area contributed by atoms with Crippen molar-refractivity contribution in [2.24, 2.45) is 4.99 Å². The van der Waals surface area contributed by atoms with Crippen molar-refractivity contribution in [2.45, 2.75) is 37.6 Å². The van der Waals surface area contributed by atoms with E-state index in [1.54, 1.807) is 12.1 Å². The number of nitrogens with zero attached hydrogens (tertiary/aromatic N) is 1. The molecule has 0 atom stereocenters. The summed E-state index contributed by atoms with van der Waals surface area (Å²) in [6.07, 6.45) is 7.65. The fourth-order valence-corrected chi connectivity index (χ4v) is 3.82. The van der Waals surface area contributed by atoms with Gasteiger partial charge < -0.3 is 9.47 Å². The number of aliphatic imine (C=N–C) groups is 1. The molecular weight excluding hydrogens is 338 g/mol. The van der Waals surface area contributed by atoms with Crippen LogP contribution in [0.4, 0.5) is 0 Å². The van der Waals surface area contributed by atoms with E-state index in [-0.39, 0.29) is 11.5 Å². The van der Waals surface area contributed by atoms with Gasteiger partial charge >= 0.3 is 5.97 Å². The summed E-state index contributed by atoms with van der Waals surface area (Å²) in [5.41, 5.74) is 2.28. The summed E-state index contributed by atoms with van der Waals surface area (Å²) in [6.45, 7) is 0. The van der Waals surface area contributed by atoms with Crippen LogP contribution in [-0.2, 0) is 9.47 Å². The molecule has 2 aromatic rings. The van der Waals surface area contributed by atoms with Crippen molar-refractivity contribution in [3.63, 3.8) is 0 Å². The molecule has 138 valence electrons. The van der Waals surface area contributed by atoms with Crippen LogP contribution in [0.25, 0.3) is 6.08 Å². The molecule has 0 saturated heterocycles. The molecule has 4 heteroatoms. The lowest BCUT2D eigenvalue weighted by molar-refractivity contribution is 0.0600. The lowest BCUT2D eigenvalue weighted by Gasteiger charge is -2.29. The van der Waals surface area contributed by atoms with Crippen LogP contribution >= 0.6 is 0 Å². The van der Waals surface area contributed by atoms with E-state index in [0.717, 1.165) is 42.6 Å². The molecular formula is C23H23NO3. The number of benzene rings is 2. The molecule has 4 nitrogen and oxygen atoms in total. The van der Waals surface area contributed by atoms with Crippen molar-refractivity contribution in [3.05, 3.63) is 77.0 Å². The van der Waals surface area contributed by atoms with Crippen LogP contribution in [0.3, 0.4) is 0 Å². The van der Waals surface area contributed by atoms with Gasteiger partial charge in [0.1, 0.15) is 11.3 Å². The van der Waals surface area contributed by atoms with Crippen molar-refractivity contribution in [1.29, 1.82) is 0 Å². The van der Waals surface area contributed by atoms with Crippen LogP contribution in [0, 0.1) is 0 Å². The van der Waals surface area contributed by atoms with Crippen molar-refractivity contribution in [2.75, 3.05) is 7.11 Å². The van der Waals surface area contributed by atoms with E-state index < -0.39 is 0 Å². The quantitative estimate of drug-likeness (QED) is 0.723. The van der Waals surface area contributed by atoms with Crippen molar-refractivity contribution < 1.29 is 14.3 Å². The number of hydrogen-bond donors (Lipinski definition) is 0. The molecule has 1 fully saturated rings. The summed E-state index contributed by atoms with van der Waals surface area (Å²) in [5, 5.41) is 0. The summed E-state index contributed by atoms with van der Waals surface area (Å²) in [7, 11) is 1.39. The molecule has 0 radical (unpaired) electrons. The van der Waals surface area contributed by atoms with E-state index in [0.29, 0.717) is 11.5 Å². The number of rotatable bonds is 3. The highest BCUT2D eigenvalue weighted by atomic mass is 16.5. The highest BCUT2D eigenvalue weighted by Crippen LogP contribution is 2.43. The van der Waals surface area contributed by atoms with Crippen LogP contribution < -0.4 is 0 Å². The van der Waals surface area contributed by atoms with Crippen LogP contribution in [0.2, 0.25) is 0 Å². The number of hydrogen-bond acceptors (Lipinski definition) is 4. The summed E-state index contributed by atoms with van der Waals surface area (Å²) in [4.78, 5) is 16.7. The van der Waals surface area contributed by atoms with Crippen molar-refractivity contribution in [3.8, 4) is 0 Å². The highest BCUT2D eigenvalue weighted by Gasteiger charge is 2.43. The minimum absolute atomic E-state index is 0.259. The maximum Gasteiger partial charge on any atom is 0.337 e. The summed E-state index contributed by atoms with van der Waals surface area (Å²) in [5.74, 6) is 1.28. The number of methoxy groups -OCH3 is 1. The second-order valence-corrected chi connectivity index (χ2v) is 7.10. The number of carbonyl (C=O) groups excluding carboxylic acids is 1. The average molecular weight is 361 g/mol. The topological polar surface area (TPSA) is 47.9 Å². The molecule has 0 bridgehead atoms. The van der Waals surface area contributed by atoms with E-state index in [1.807, 2.05) is 42.5 Å². The molecule has 0 aromatic heterocycles. The lowest BCUT2D eigenvalue weighted by atomic mass is 9.80. The molecule has 27 heavy (non-hydrogen) atoms. The first-order valence-electron chi connectivity index (χ1n) is 9.44. The smallest absolute Gasteiger partial charge is 0.337 e. The predicted octanol–water partition coefficient (Wildman–Crippen LogP) is 4.99. The third-order valence-electron chi connectivity index (χ3n) is 5.31. The van der Waals surface area contributed by atoms with Crippen LogP contribution in [0.5, 0.6) is 0 Å². The molecule has 1 saturated carbocycles. The second kappa shape index (κ2) is 7.39. The van der Waals surface area contributed by atoms with Gasteiger partial charge in [0, 0.05) is 5.56 Å². The minimum atomic E-state index is -0.329. The normalized spacial score (nSPS) is 19.6. The third kappa shape index (κ3) is 3.52. The molecule has 2 aromatic carbocycles. The van der Waals surface area contributed by atoms with Gasteiger partial charge in [-0.3, -0.25) is 0 Å². The largest absolute Gasteiger partial charge is 0.465 e. The van der Waals surface area contributed by atoms with E-state index in [1.165, 1.54) is 13.5 Å². The Balaban J connectivity index is 1.66. The molecule has 0 amide bonds. The fraction of sp³-hybridized carbons (Fsp3) is 0.304. The Labute approximate surface area is 159 Å². The zero-order chi connectivity index (χ0) is 18.7. The Morgan fingerprint density at radius 2 is 1.74 bits per heavy atom. The molecule has 1 heterocycles. The van der Waals surface area contributed by atoms with Gasteiger partial charge in [-0.2, -0.15) is 0 Å².